The van der Waals surface area contributed by atoms with Crippen molar-refractivity contribution in [1.29, 1.82) is 0 Å². The van der Waals surface area contributed by atoms with Gasteiger partial charge in [0, 0.05) is 5.56 Å². The molecule has 0 spiro atoms. The van der Waals surface area contributed by atoms with Crippen molar-refractivity contribution < 1.29 is 35.0 Å². The zero-order valence-electron chi connectivity index (χ0n) is 16.6. The number of fused-ring (bicyclic) bond motifs is 1. The number of hydrogen-bond acceptors (Lipinski definition) is 8. The summed E-state index contributed by atoms with van der Waals surface area (Å²) < 4.78 is 11.2. The number of aliphatic hydroxyl groups excluding tert-OH is 4. The zero-order chi connectivity index (χ0) is 21.4. The first-order chi connectivity index (χ1) is 14.4. The van der Waals surface area contributed by atoms with Crippen LogP contribution in [0.3, 0.4) is 0 Å². The lowest BCUT2D eigenvalue weighted by atomic mass is 9.92. The number of phenols is 1. The molecule has 2 heterocycles. The molecular weight excluding hydrogens is 408 g/mol. The number of benzene rings is 2. The van der Waals surface area contributed by atoms with Crippen LogP contribution >= 0.6 is 11.8 Å². The largest absolute Gasteiger partial charge is 0.508 e. The molecule has 2 aliphatic heterocycles. The Morgan fingerprint density at radius 3 is 2.43 bits per heavy atom. The summed E-state index contributed by atoms with van der Waals surface area (Å²) in [5.41, 5.74) is 3.32. The third-order valence-electron chi connectivity index (χ3n) is 5.69. The fourth-order valence-electron chi connectivity index (χ4n) is 3.95. The average Bonchev–Trinajstić information content (AvgIpc) is 2.74. The molecule has 30 heavy (non-hydrogen) atoms. The molecule has 0 bridgehead atoms. The molecule has 2 aromatic carbocycles. The molecule has 162 valence electrons. The molecule has 5 atom stereocenters. The van der Waals surface area contributed by atoms with Crippen molar-refractivity contribution in [3.05, 3.63) is 52.6 Å². The van der Waals surface area contributed by atoms with Gasteiger partial charge in [-0.15, -0.1) is 11.8 Å². The SMILES string of the molecule is Cc1cc(O)c(C2S[C@H](CO)[C@@H](O)[C@H](O)[C@H]2O)cc1Cc1ccc2c(c1)OCCO2. The monoisotopic (exact) mass is 434 g/mol. The second-order valence-corrected chi connectivity index (χ2v) is 9.13. The molecule has 2 aliphatic rings. The quantitative estimate of drug-likeness (QED) is 0.489. The van der Waals surface area contributed by atoms with Crippen molar-refractivity contribution in [3.8, 4) is 17.2 Å². The number of aryl methyl sites for hydroxylation is 1. The first kappa shape index (κ1) is 21.3. The Morgan fingerprint density at radius 2 is 1.70 bits per heavy atom. The van der Waals surface area contributed by atoms with Crippen LogP contribution in [0.5, 0.6) is 17.2 Å². The molecule has 7 nitrogen and oxygen atoms in total. The van der Waals surface area contributed by atoms with Crippen LogP contribution in [0, 0.1) is 6.92 Å². The number of rotatable bonds is 4. The van der Waals surface area contributed by atoms with E-state index in [0.717, 1.165) is 34.2 Å². The van der Waals surface area contributed by atoms with Gasteiger partial charge in [-0.25, -0.2) is 0 Å². The predicted molar refractivity (Wildman–Crippen MR) is 112 cm³/mol. The van der Waals surface area contributed by atoms with Crippen LogP contribution in [0.15, 0.2) is 30.3 Å². The van der Waals surface area contributed by atoms with Gasteiger partial charge < -0.3 is 35.0 Å². The standard InChI is InChI=1S/C22H26O7S/c1-11-6-15(24)14(22-21(27)20(26)19(25)18(10-23)30-22)9-13(11)7-12-2-3-16-17(8-12)29-5-4-28-16/h2-3,6,8-9,18-27H,4-5,7,10H2,1H3/t18-,19-,20+,21-,22?/m1/s1. The molecule has 4 rings (SSSR count). The summed E-state index contributed by atoms with van der Waals surface area (Å²) in [5, 5.41) is 49.5. The lowest BCUT2D eigenvalue weighted by Gasteiger charge is -2.40. The zero-order valence-corrected chi connectivity index (χ0v) is 17.4. The Bertz CT molecular complexity index is 917. The fourth-order valence-corrected chi connectivity index (χ4v) is 5.39. The molecule has 1 unspecified atom stereocenters. The maximum Gasteiger partial charge on any atom is 0.161 e. The highest BCUT2D eigenvalue weighted by atomic mass is 32.2. The van der Waals surface area contributed by atoms with E-state index in [1.807, 2.05) is 31.2 Å². The van der Waals surface area contributed by atoms with Crippen molar-refractivity contribution in [2.45, 2.75) is 42.2 Å². The van der Waals surface area contributed by atoms with Gasteiger partial charge in [0.25, 0.3) is 0 Å². The van der Waals surface area contributed by atoms with Crippen LogP contribution in [0.4, 0.5) is 0 Å². The van der Waals surface area contributed by atoms with Gasteiger partial charge in [0.05, 0.1) is 29.3 Å². The average molecular weight is 435 g/mol. The molecule has 0 aliphatic carbocycles. The van der Waals surface area contributed by atoms with Crippen LogP contribution in [-0.2, 0) is 6.42 Å². The highest BCUT2D eigenvalue weighted by Gasteiger charge is 2.44. The van der Waals surface area contributed by atoms with Crippen LogP contribution in [0.1, 0.15) is 27.5 Å². The van der Waals surface area contributed by atoms with Crippen molar-refractivity contribution in [1.82, 2.24) is 0 Å². The molecule has 0 radical (unpaired) electrons. The fraction of sp³-hybridized carbons (Fsp3) is 0.455. The Kier molecular flexibility index (Phi) is 6.13. The number of aromatic hydroxyl groups is 1. The van der Waals surface area contributed by atoms with Crippen LogP contribution in [-0.4, -0.2) is 68.9 Å². The highest BCUT2D eigenvalue weighted by Crippen LogP contribution is 2.46. The first-order valence-electron chi connectivity index (χ1n) is 9.90. The second-order valence-electron chi connectivity index (χ2n) is 7.74. The Morgan fingerprint density at radius 1 is 0.967 bits per heavy atom. The molecule has 8 heteroatoms. The van der Waals surface area contributed by atoms with Gasteiger partial charge in [-0.05, 0) is 48.2 Å². The summed E-state index contributed by atoms with van der Waals surface area (Å²) in [6, 6.07) is 9.24. The maximum atomic E-state index is 10.6. The van der Waals surface area contributed by atoms with E-state index in [1.165, 1.54) is 0 Å². The number of thioether (sulfide) groups is 1. The molecule has 5 N–H and O–H groups in total. The van der Waals surface area contributed by atoms with E-state index in [4.69, 9.17) is 9.47 Å². The first-order valence-corrected chi connectivity index (χ1v) is 10.8. The highest BCUT2D eigenvalue weighted by molar-refractivity contribution is 8.00. The molecule has 0 amide bonds. The molecule has 1 saturated heterocycles. The topological polar surface area (TPSA) is 120 Å². The van der Waals surface area contributed by atoms with Gasteiger partial charge in [-0.3, -0.25) is 0 Å². The maximum absolute atomic E-state index is 10.6. The van der Waals surface area contributed by atoms with Crippen LogP contribution in [0.25, 0.3) is 0 Å². The molecular formula is C22H26O7S. The van der Waals surface area contributed by atoms with Gasteiger partial charge in [-0.2, -0.15) is 0 Å². The van der Waals surface area contributed by atoms with Gasteiger partial charge in [0.2, 0.25) is 0 Å². The molecule has 0 saturated carbocycles. The summed E-state index contributed by atoms with van der Waals surface area (Å²) >= 11 is 1.15. The van der Waals surface area contributed by atoms with Crippen molar-refractivity contribution in [3.63, 3.8) is 0 Å². The van der Waals surface area contributed by atoms with Crippen molar-refractivity contribution in [2.75, 3.05) is 19.8 Å². The normalized spacial score (nSPS) is 28.4. The number of ether oxygens (including phenoxy) is 2. The smallest absolute Gasteiger partial charge is 0.161 e. The van der Waals surface area contributed by atoms with Crippen molar-refractivity contribution >= 4 is 11.8 Å². The van der Waals surface area contributed by atoms with E-state index < -0.39 is 28.8 Å². The lowest BCUT2D eigenvalue weighted by molar-refractivity contribution is -0.0701. The second kappa shape index (κ2) is 8.64. The molecule has 1 fully saturated rings. The lowest BCUT2D eigenvalue weighted by Crippen LogP contribution is -2.51. The molecule has 0 aromatic heterocycles. The Hall–Kier alpha value is -1.97. The molecule has 2 aromatic rings. The van der Waals surface area contributed by atoms with E-state index in [2.05, 4.69) is 0 Å². The van der Waals surface area contributed by atoms with E-state index >= 15 is 0 Å². The van der Waals surface area contributed by atoms with Crippen LogP contribution in [0.2, 0.25) is 0 Å². The predicted octanol–water partition coefficient (Wildman–Crippen LogP) is 1.29. The van der Waals surface area contributed by atoms with E-state index in [1.54, 1.807) is 6.07 Å². The Labute approximate surface area is 178 Å². The Balaban J connectivity index is 1.64. The summed E-state index contributed by atoms with van der Waals surface area (Å²) in [6.45, 7) is 2.60. The van der Waals surface area contributed by atoms with Crippen molar-refractivity contribution in [2.24, 2.45) is 0 Å². The summed E-state index contributed by atoms with van der Waals surface area (Å²) in [6.07, 6.45) is -3.34. The van der Waals surface area contributed by atoms with Gasteiger partial charge in [0.1, 0.15) is 25.1 Å². The van der Waals surface area contributed by atoms with Gasteiger partial charge in [-0.1, -0.05) is 12.1 Å². The third-order valence-corrected chi connectivity index (χ3v) is 7.29. The van der Waals surface area contributed by atoms with E-state index in [0.29, 0.717) is 30.9 Å². The summed E-state index contributed by atoms with van der Waals surface area (Å²) in [7, 11) is 0. The number of hydrogen-bond donors (Lipinski definition) is 5. The number of aliphatic hydroxyl groups is 4. The minimum absolute atomic E-state index is 0.00949. The summed E-state index contributed by atoms with van der Waals surface area (Å²) in [4.78, 5) is 0. The third kappa shape index (κ3) is 3.98. The minimum atomic E-state index is -1.41. The van der Waals surface area contributed by atoms with Crippen LogP contribution < -0.4 is 9.47 Å². The number of phenolic OH excluding ortho intramolecular Hbond substituents is 1. The van der Waals surface area contributed by atoms with E-state index in [9.17, 15) is 25.5 Å². The minimum Gasteiger partial charge on any atom is -0.508 e. The van der Waals surface area contributed by atoms with E-state index in [-0.39, 0.29) is 12.4 Å². The summed E-state index contributed by atoms with van der Waals surface area (Å²) in [5.74, 6) is 1.43. The van der Waals surface area contributed by atoms with Gasteiger partial charge in [0.15, 0.2) is 11.5 Å². The van der Waals surface area contributed by atoms with Gasteiger partial charge >= 0.3 is 0 Å².